The summed E-state index contributed by atoms with van der Waals surface area (Å²) in [6, 6.07) is 16.0. The van der Waals surface area contributed by atoms with Gasteiger partial charge in [-0.25, -0.2) is 4.39 Å². The van der Waals surface area contributed by atoms with Gasteiger partial charge in [0.2, 0.25) is 5.91 Å². The lowest BCUT2D eigenvalue weighted by molar-refractivity contribution is -0.138. The predicted octanol–water partition coefficient (Wildman–Crippen LogP) is 3.02. The topological polar surface area (TPSA) is 43.9 Å². The van der Waals surface area contributed by atoms with E-state index in [9.17, 15) is 14.0 Å². The summed E-state index contributed by atoms with van der Waals surface area (Å²) in [5, 5.41) is 0. The van der Waals surface area contributed by atoms with E-state index in [1.54, 1.807) is 4.90 Å². The molecule has 0 aliphatic carbocycles. The Bertz CT molecular complexity index is 864. The fourth-order valence-corrected chi connectivity index (χ4v) is 4.36. The van der Waals surface area contributed by atoms with Crippen LogP contribution in [-0.4, -0.2) is 65.8 Å². The van der Waals surface area contributed by atoms with Crippen molar-refractivity contribution in [2.45, 2.75) is 19.4 Å². The Labute approximate surface area is 177 Å². The Morgan fingerprint density at radius 2 is 1.57 bits per heavy atom. The molecule has 2 saturated heterocycles. The Hall–Kier alpha value is -2.73. The summed E-state index contributed by atoms with van der Waals surface area (Å²) < 4.78 is 13.1. The highest BCUT2D eigenvalue weighted by Gasteiger charge is 2.32. The average Bonchev–Trinajstić information content (AvgIpc) is 2.80. The molecular weight excluding hydrogens is 381 g/mol. The molecule has 2 aromatic carbocycles. The van der Waals surface area contributed by atoms with Gasteiger partial charge in [0.1, 0.15) is 5.82 Å². The van der Waals surface area contributed by atoms with Crippen LogP contribution in [0.3, 0.4) is 0 Å². The van der Waals surface area contributed by atoms with Gasteiger partial charge in [0.05, 0.1) is 5.92 Å². The van der Waals surface area contributed by atoms with E-state index in [1.807, 2.05) is 11.0 Å². The van der Waals surface area contributed by atoms with E-state index >= 15 is 0 Å². The van der Waals surface area contributed by atoms with Crippen LogP contribution in [0, 0.1) is 11.7 Å². The Kier molecular flexibility index (Phi) is 6.43. The van der Waals surface area contributed by atoms with Gasteiger partial charge in [0, 0.05) is 51.4 Å². The largest absolute Gasteiger partial charge is 0.340 e. The van der Waals surface area contributed by atoms with Crippen molar-refractivity contribution < 1.29 is 14.0 Å². The second-order valence-corrected chi connectivity index (χ2v) is 8.18. The number of hydrogen-bond donors (Lipinski definition) is 0. The summed E-state index contributed by atoms with van der Waals surface area (Å²) in [6.07, 6.45) is 1.63. The van der Waals surface area contributed by atoms with Crippen molar-refractivity contribution in [1.82, 2.24) is 14.7 Å². The maximum atomic E-state index is 13.1. The van der Waals surface area contributed by atoms with Gasteiger partial charge in [0.15, 0.2) is 0 Å². The van der Waals surface area contributed by atoms with E-state index in [1.165, 1.54) is 29.8 Å². The SMILES string of the molecule is O=C(c1ccc(F)cc1)N1CCC[C@H](C(=O)N2CCN(Cc3ccccc3)CC2)C1. The number of amides is 2. The van der Waals surface area contributed by atoms with E-state index < -0.39 is 0 Å². The van der Waals surface area contributed by atoms with Crippen LogP contribution in [0.2, 0.25) is 0 Å². The van der Waals surface area contributed by atoms with Gasteiger partial charge in [-0.1, -0.05) is 30.3 Å². The fraction of sp³-hybridized carbons (Fsp3) is 0.417. The van der Waals surface area contributed by atoms with E-state index in [4.69, 9.17) is 0 Å². The van der Waals surface area contributed by atoms with Gasteiger partial charge in [0.25, 0.3) is 5.91 Å². The maximum absolute atomic E-state index is 13.1. The number of rotatable bonds is 4. The molecule has 0 bridgehead atoms. The van der Waals surface area contributed by atoms with Crippen molar-refractivity contribution in [1.29, 1.82) is 0 Å². The van der Waals surface area contributed by atoms with Gasteiger partial charge >= 0.3 is 0 Å². The molecule has 2 fully saturated rings. The zero-order valence-corrected chi connectivity index (χ0v) is 17.2. The van der Waals surface area contributed by atoms with E-state index in [-0.39, 0.29) is 23.5 Å². The maximum Gasteiger partial charge on any atom is 0.253 e. The second kappa shape index (κ2) is 9.39. The molecule has 0 spiro atoms. The third-order valence-corrected chi connectivity index (χ3v) is 6.08. The summed E-state index contributed by atoms with van der Waals surface area (Å²) >= 11 is 0. The van der Waals surface area contributed by atoms with Crippen LogP contribution in [0.5, 0.6) is 0 Å². The highest BCUT2D eigenvalue weighted by Crippen LogP contribution is 2.22. The Balaban J connectivity index is 1.30. The van der Waals surface area contributed by atoms with Crippen LogP contribution in [-0.2, 0) is 11.3 Å². The number of nitrogens with zero attached hydrogens (tertiary/aromatic N) is 3. The predicted molar refractivity (Wildman–Crippen MR) is 113 cm³/mol. The zero-order valence-electron chi connectivity index (χ0n) is 17.2. The summed E-state index contributed by atoms with van der Waals surface area (Å²) in [5.74, 6) is -0.473. The molecule has 0 N–H and O–H groups in total. The lowest BCUT2D eigenvalue weighted by Gasteiger charge is -2.39. The summed E-state index contributed by atoms with van der Waals surface area (Å²) in [7, 11) is 0. The number of benzene rings is 2. The first-order valence-corrected chi connectivity index (χ1v) is 10.7. The first-order valence-electron chi connectivity index (χ1n) is 10.7. The van der Waals surface area contributed by atoms with Crippen molar-refractivity contribution in [3.8, 4) is 0 Å². The third-order valence-electron chi connectivity index (χ3n) is 6.08. The van der Waals surface area contributed by atoms with Crippen molar-refractivity contribution in [2.24, 2.45) is 5.92 Å². The quantitative estimate of drug-likeness (QED) is 0.780. The Morgan fingerprint density at radius 1 is 0.867 bits per heavy atom. The van der Waals surface area contributed by atoms with Gasteiger partial charge in [-0.2, -0.15) is 0 Å². The van der Waals surface area contributed by atoms with Crippen molar-refractivity contribution in [2.75, 3.05) is 39.3 Å². The van der Waals surface area contributed by atoms with Crippen LogP contribution in [0.25, 0.3) is 0 Å². The molecule has 6 heteroatoms. The summed E-state index contributed by atoms with van der Waals surface area (Å²) in [4.78, 5) is 31.9. The second-order valence-electron chi connectivity index (χ2n) is 8.18. The van der Waals surface area contributed by atoms with Gasteiger partial charge in [-0.15, -0.1) is 0 Å². The minimum atomic E-state index is -0.357. The highest BCUT2D eigenvalue weighted by molar-refractivity contribution is 5.94. The molecule has 158 valence electrons. The van der Waals surface area contributed by atoms with Gasteiger partial charge < -0.3 is 9.80 Å². The number of hydrogen-bond acceptors (Lipinski definition) is 3. The van der Waals surface area contributed by atoms with Crippen LogP contribution in [0.15, 0.2) is 54.6 Å². The number of likely N-dealkylation sites (tertiary alicyclic amines) is 1. The molecule has 0 unspecified atom stereocenters. The highest BCUT2D eigenvalue weighted by atomic mass is 19.1. The molecule has 2 heterocycles. The standard InChI is InChI=1S/C24H28FN3O2/c25-22-10-8-20(9-11-22)23(29)28-12-4-7-21(18-28)24(30)27-15-13-26(14-16-27)17-19-5-2-1-3-6-19/h1-3,5-6,8-11,21H,4,7,12-18H2/t21-/m0/s1. The molecular formula is C24H28FN3O2. The molecule has 5 nitrogen and oxygen atoms in total. The van der Waals surface area contributed by atoms with Crippen LogP contribution >= 0.6 is 0 Å². The number of halogens is 1. The summed E-state index contributed by atoms with van der Waals surface area (Å²) in [5.41, 5.74) is 1.76. The normalized spacial score (nSPS) is 20.2. The average molecular weight is 410 g/mol. The third kappa shape index (κ3) is 4.87. The molecule has 2 aliphatic rings. The van der Waals surface area contributed by atoms with E-state index in [2.05, 4.69) is 29.2 Å². The minimum absolute atomic E-state index is 0.125. The number of carbonyl (C=O) groups excluding carboxylic acids is 2. The van der Waals surface area contributed by atoms with Gasteiger partial charge in [-0.3, -0.25) is 14.5 Å². The van der Waals surface area contributed by atoms with Crippen molar-refractivity contribution >= 4 is 11.8 Å². The first kappa shape index (κ1) is 20.5. The van der Waals surface area contributed by atoms with E-state index in [0.717, 1.165) is 45.6 Å². The van der Waals surface area contributed by atoms with Crippen molar-refractivity contribution in [3.63, 3.8) is 0 Å². The molecule has 1 atom stereocenters. The fourth-order valence-electron chi connectivity index (χ4n) is 4.36. The van der Waals surface area contributed by atoms with Gasteiger partial charge in [-0.05, 0) is 42.7 Å². The number of piperidine rings is 1. The smallest absolute Gasteiger partial charge is 0.253 e. The number of piperazine rings is 1. The lowest BCUT2D eigenvalue weighted by atomic mass is 9.95. The van der Waals surface area contributed by atoms with Crippen LogP contribution in [0.1, 0.15) is 28.8 Å². The minimum Gasteiger partial charge on any atom is -0.340 e. The molecule has 2 aliphatic heterocycles. The zero-order chi connectivity index (χ0) is 20.9. The first-order chi connectivity index (χ1) is 14.6. The summed E-state index contributed by atoms with van der Waals surface area (Å²) in [6.45, 7) is 5.19. The van der Waals surface area contributed by atoms with Crippen LogP contribution in [0.4, 0.5) is 4.39 Å². The monoisotopic (exact) mass is 409 g/mol. The van der Waals surface area contributed by atoms with Crippen molar-refractivity contribution in [3.05, 3.63) is 71.5 Å². The molecule has 30 heavy (non-hydrogen) atoms. The Morgan fingerprint density at radius 3 is 2.27 bits per heavy atom. The molecule has 2 amide bonds. The molecule has 0 radical (unpaired) electrons. The molecule has 2 aromatic rings. The van der Waals surface area contributed by atoms with E-state index in [0.29, 0.717) is 18.7 Å². The molecule has 0 saturated carbocycles. The molecule has 4 rings (SSSR count). The van der Waals surface area contributed by atoms with Crippen LogP contribution < -0.4 is 0 Å². The lowest BCUT2D eigenvalue weighted by Crippen LogP contribution is -2.52. The number of carbonyl (C=O) groups is 2. The molecule has 0 aromatic heterocycles.